The Morgan fingerprint density at radius 1 is 1.37 bits per heavy atom. The normalized spacial score (nSPS) is 18.4. The predicted octanol–water partition coefficient (Wildman–Crippen LogP) is 4.12. The molecule has 1 aliphatic carbocycles. The molecule has 0 bridgehead atoms. The van der Waals surface area contributed by atoms with E-state index in [0.29, 0.717) is 10.6 Å². The highest BCUT2D eigenvalue weighted by molar-refractivity contribution is 7.99. The Bertz CT molecular complexity index is 953. The highest BCUT2D eigenvalue weighted by Gasteiger charge is 2.24. The van der Waals surface area contributed by atoms with Crippen LogP contribution >= 0.6 is 23.1 Å². The van der Waals surface area contributed by atoms with Crippen molar-refractivity contribution in [1.29, 1.82) is 5.26 Å². The number of thiophene rings is 1. The molecule has 0 spiro atoms. The van der Waals surface area contributed by atoms with Crippen LogP contribution in [0.5, 0.6) is 0 Å². The Labute approximate surface area is 185 Å². The fourth-order valence-electron chi connectivity index (χ4n) is 4.06. The smallest absolute Gasteiger partial charge is 0.235 e. The van der Waals surface area contributed by atoms with Gasteiger partial charge < -0.3 is 14.6 Å². The number of carbonyl (C=O) groups is 1. The van der Waals surface area contributed by atoms with Crippen LogP contribution in [0.3, 0.4) is 0 Å². The molecule has 30 heavy (non-hydrogen) atoms. The molecule has 0 aromatic carbocycles. The lowest BCUT2D eigenvalue weighted by atomic mass is 9.96. The van der Waals surface area contributed by atoms with Gasteiger partial charge in [0.1, 0.15) is 16.9 Å². The number of hydrogen-bond acceptors (Lipinski definition) is 7. The topological polar surface area (TPSA) is 92.8 Å². The molecule has 1 amide bonds. The lowest BCUT2D eigenvalue weighted by Crippen LogP contribution is -2.19. The average molecular weight is 446 g/mol. The number of thioether (sulfide) groups is 1. The minimum atomic E-state index is -0.118. The van der Waals surface area contributed by atoms with E-state index in [2.05, 4.69) is 40.0 Å². The van der Waals surface area contributed by atoms with Crippen molar-refractivity contribution in [2.45, 2.75) is 76.1 Å². The molecule has 2 aromatic heterocycles. The van der Waals surface area contributed by atoms with Crippen LogP contribution in [0.1, 0.15) is 67.3 Å². The molecule has 0 saturated carbocycles. The van der Waals surface area contributed by atoms with Crippen molar-refractivity contribution in [1.82, 2.24) is 14.8 Å². The minimum absolute atomic E-state index is 0.118. The van der Waals surface area contributed by atoms with E-state index < -0.39 is 0 Å². The van der Waals surface area contributed by atoms with Crippen LogP contribution in [0, 0.1) is 11.3 Å². The van der Waals surface area contributed by atoms with Crippen LogP contribution in [-0.4, -0.2) is 39.1 Å². The second-order valence-corrected chi connectivity index (χ2v) is 10.2. The summed E-state index contributed by atoms with van der Waals surface area (Å²) in [6.07, 6.45) is 6.51. The number of carbonyl (C=O) groups excluding carboxylic acids is 1. The van der Waals surface area contributed by atoms with Crippen molar-refractivity contribution in [3.63, 3.8) is 0 Å². The van der Waals surface area contributed by atoms with Crippen LogP contribution in [-0.2, 0) is 28.9 Å². The maximum atomic E-state index is 12.6. The first-order valence-corrected chi connectivity index (χ1v) is 12.4. The standard InChI is InChI=1S/C21H27N5O2S2/c1-13(2)19-24-25-21(26(19)11-14-6-5-9-28-14)29-12-18(27)23-20-16(10-22)15-7-3-4-8-17(15)30-20/h13-14H,3-9,11-12H2,1-2H3,(H,23,27). The SMILES string of the molecule is CC(C)c1nnc(SCC(=O)Nc2sc3c(c2C#N)CCCC3)n1CC1CCCO1. The first-order valence-electron chi connectivity index (χ1n) is 10.6. The van der Waals surface area contributed by atoms with Gasteiger partial charge >= 0.3 is 0 Å². The van der Waals surface area contributed by atoms with Gasteiger partial charge in [0.15, 0.2) is 5.16 Å². The van der Waals surface area contributed by atoms with Crippen molar-refractivity contribution in [2.75, 3.05) is 17.7 Å². The van der Waals surface area contributed by atoms with E-state index >= 15 is 0 Å². The van der Waals surface area contributed by atoms with E-state index in [1.54, 1.807) is 11.3 Å². The zero-order valence-electron chi connectivity index (χ0n) is 17.4. The van der Waals surface area contributed by atoms with Crippen molar-refractivity contribution >= 4 is 34.0 Å². The van der Waals surface area contributed by atoms with Gasteiger partial charge in [-0.1, -0.05) is 25.6 Å². The number of nitrogens with one attached hydrogen (secondary N) is 1. The largest absolute Gasteiger partial charge is 0.376 e. The van der Waals surface area contributed by atoms with Gasteiger partial charge in [0, 0.05) is 17.4 Å². The second-order valence-electron chi connectivity index (χ2n) is 8.10. The minimum Gasteiger partial charge on any atom is -0.376 e. The van der Waals surface area contributed by atoms with E-state index in [4.69, 9.17) is 4.74 Å². The van der Waals surface area contributed by atoms with E-state index in [9.17, 15) is 10.1 Å². The molecule has 2 aliphatic rings. The number of nitrogens with zero attached hydrogens (tertiary/aromatic N) is 4. The average Bonchev–Trinajstić information content (AvgIpc) is 3.45. The summed E-state index contributed by atoms with van der Waals surface area (Å²) in [5.41, 5.74) is 1.78. The number of ether oxygens (including phenoxy) is 1. The van der Waals surface area contributed by atoms with Crippen LogP contribution in [0.15, 0.2) is 5.16 Å². The third-order valence-corrected chi connectivity index (χ3v) is 7.71. The van der Waals surface area contributed by atoms with E-state index in [0.717, 1.165) is 68.2 Å². The van der Waals surface area contributed by atoms with Gasteiger partial charge in [-0.2, -0.15) is 5.26 Å². The molecule has 2 aromatic rings. The second kappa shape index (κ2) is 9.50. The number of fused-ring (bicyclic) bond motifs is 1. The van der Waals surface area contributed by atoms with Gasteiger partial charge in [0.25, 0.3) is 0 Å². The van der Waals surface area contributed by atoms with Gasteiger partial charge in [-0.3, -0.25) is 4.79 Å². The summed E-state index contributed by atoms with van der Waals surface area (Å²) in [7, 11) is 0. The fourth-order valence-corrected chi connectivity index (χ4v) is 6.07. The molecular formula is C21H27N5O2S2. The van der Waals surface area contributed by atoms with Crippen molar-refractivity contribution in [3.05, 3.63) is 21.8 Å². The monoisotopic (exact) mass is 445 g/mol. The van der Waals surface area contributed by atoms with E-state index in [1.807, 2.05) is 0 Å². The molecular weight excluding hydrogens is 418 g/mol. The van der Waals surface area contributed by atoms with Crippen molar-refractivity contribution < 1.29 is 9.53 Å². The Hall–Kier alpha value is -1.89. The first-order chi connectivity index (χ1) is 14.6. The molecule has 1 atom stereocenters. The van der Waals surface area contributed by atoms with Crippen LogP contribution < -0.4 is 5.32 Å². The van der Waals surface area contributed by atoms with E-state index in [-0.39, 0.29) is 23.7 Å². The molecule has 1 unspecified atom stereocenters. The summed E-state index contributed by atoms with van der Waals surface area (Å²) in [5, 5.41) is 22.7. The summed E-state index contributed by atoms with van der Waals surface area (Å²) < 4.78 is 7.89. The summed E-state index contributed by atoms with van der Waals surface area (Å²) in [4.78, 5) is 13.9. The zero-order chi connectivity index (χ0) is 21.1. The first kappa shape index (κ1) is 21.3. The maximum absolute atomic E-state index is 12.6. The van der Waals surface area contributed by atoms with Gasteiger partial charge in [-0.15, -0.1) is 21.5 Å². The summed E-state index contributed by atoms with van der Waals surface area (Å²) in [6, 6.07) is 2.30. The number of anilines is 1. The number of amides is 1. The van der Waals surface area contributed by atoms with Gasteiger partial charge in [0.2, 0.25) is 5.91 Å². The Morgan fingerprint density at radius 2 is 2.20 bits per heavy atom. The molecule has 0 radical (unpaired) electrons. The number of hydrogen-bond donors (Lipinski definition) is 1. The Balaban J connectivity index is 1.43. The third kappa shape index (κ3) is 4.56. The lowest BCUT2D eigenvalue weighted by Gasteiger charge is -2.15. The van der Waals surface area contributed by atoms with E-state index in [1.165, 1.54) is 16.6 Å². The number of aryl methyl sites for hydroxylation is 1. The molecule has 3 heterocycles. The number of rotatable bonds is 7. The lowest BCUT2D eigenvalue weighted by molar-refractivity contribution is -0.113. The summed E-state index contributed by atoms with van der Waals surface area (Å²) in [6.45, 7) is 5.72. The highest BCUT2D eigenvalue weighted by Crippen LogP contribution is 2.37. The molecule has 7 nitrogen and oxygen atoms in total. The van der Waals surface area contributed by atoms with Gasteiger partial charge in [-0.05, 0) is 44.1 Å². The number of nitriles is 1. The predicted molar refractivity (Wildman–Crippen MR) is 118 cm³/mol. The van der Waals surface area contributed by atoms with Crippen LogP contribution in [0.25, 0.3) is 0 Å². The van der Waals surface area contributed by atoms with Gasteiger partial charge in [0.05, 0.1) is 24.0 Å². The molecule has 1 aliphatic heterocycles. The summed E-state index contributed by atoms with van der Waals surface area (Å²) in [5.74, 6) is 1.28. The summed E-state index contributed by atoms with van der Waals surface area (Å²) >= 11 is 2.94. The Kier molecular flexibility index (Phi) is 6.76. The van der Waals surface area contributed by atoms with Gasteiger partial charge in [-0.25, -0.2) is 0 Å². The highest BCUT2D eigenvalue weighted by atomic mass is 32.2. The molecule has 9 heteroatoms. The van der Waals surface area contributed by atoms with Crippen LogP contribution in [0.4, 0.5) is 5.00 Å². The van der Waals surface area contributed by atoms with Crippen LogP contribution in [0.2, 0.25) is 0 Å². The fraction of sp³-hybridized carbons (Fsp3) is 0.619. The molecule has 1 N–H and O–H groups in total. The molecule has 4 rings (SSSR count). The molecule has 160 valence electrons. The molecule has 1 saturated heterocycles. The Morgan fingerprint density at radius 3 is 2.93 bits per heavy atom. The van der Waals surface area contributed by atoms with Crippen molar-refractivity contribution in [3.8, 4) is 6.07 Å². The third-order valence-electron chi connectivity index (χ3n) is 5.54. The quantitative estimate of drug-likeness (QED) is 0.645. The number of aromatic nitrogens is 3. The van der Waals surface area contributed by atoms with Crippen molar-refractivity contribution in [2.24, 2.45) is 0 Å². The molecule has 1 fully saturated rings. The maximum Gasteiger partial charge on any atom is 0.235 e. The zero-order valence-corrected chi connectivity index (χ0v) is 19.1.